The van der Waals surface area contributed by atoms with E-state index < -0.39 is 17.7 Å². The van der Waals surface area contributed by atoms with Crippen LogP contribution in [0, 0.1) is 5.82 Å². The summed E-state index contributed by atoms with van der Waals surface area (Å²) in [6.07, 6.45) is 0. The molecule has 120 valence electrons. The third kappa shape index (κ3) is 4.16. The van der Waals surface area contributed by atoms with Crippen LogP contribution in [0.25, 0.3) is 0 Å². The minimum atomic E-state index is -0.564. The van der Waals surface area contributed by atoms with Crippen LogP contribution in [0.4, 0.5) is 4.39 Å². The van der Waals surface area contributed by atoms with E-state index in [-0.39, 0.29) is 5.56 Å². The summed E-state index contributed by atoms with van der Waals surface area (Å²) in [5.74, 6) is -1.40. The minimum absolute atomic E-state index is 0.00746. The molecule has 6 heteroatoms. The predicted molar refractivity (Wildman–Crippen MR) is 87.7 cm³/mol. The monoisotopic (exact) mass is 379 g/mol. The molecule has 0 aromatic heterocycles. The summed E-state index contributed by atoms with van der Waals surface area (Å²) < 4.78 is 19.0. The standard InChI is InChI=1S/C17H15BrFNO3/c1-20(16(21)14-9-13(18)7-8-15(14)19)10-11-3-5-12(6-4-11)17(22)23-2/h3-9H,10H2,1-2H3. The number of nitrogens with zero attached hydrogens (tertiary/aromatic N) is 1. The molecule has 0 N–H and O–H groups in total. The highest BCUT2D eigenvalue weighted by Gasteiger charge is 2.17. The molecule has 2 rings (SSSR count). The van der Waals surface area contributed by atoms with Crippen LogP contribution in [0.3, 0.4) is 0 Å². The Morgan fingerprint density at radius 2 is 1.83 bits per heavy atom. The number of esters is 1. The maximum absolute atomic E-state index is 13.8. The van der Waals surface area contributed by atoms with Crippen LogP contribution >= 0.6 is 15.9 Å². The summed E-state index contributed by atoms with van der Waals surface area (Å²) in [4.78, 5) is 25.1. The molecule has 1 amide bonds. The number of carbonyl (C=O) groups excluding carboxylic acids is 2. The lowest BCUT2D eigenvalue weighted by Gasteiger charge is -2.18. The molecular weight excluding hydrogens is 365 g/mol. The van der Waals surface area contributed by atoms with E-state index in [1.807, 2.05) is 0 Å². The van der Waals surface area contributed by atoms with Crippen molar-refractivity contribution in [2.24, 2.45) is 0 Å². The number of rotatable bonds is 4. The van der Waals surface area contributed by atoms with E-state index in [0.29, 0.717) is 16.6 Å². The van der Waals surface area contributed by atoms with Gasteiger partial charge in [-0.15, -0.1) is 0 Å². The average Bonchev–Trinajstić information content (AvgIpc) is 2.56. The number of carbonyl (C=O) groups is 2. The number of halogens is 2. The topological polar surface area (TPSA) is 46.6 Å². The third-order valence-corrected chi connectivity index (χ3v) is 3.79. The molecule has 0 aliphatic rings. The van der Waals surface area contributed by atoms with Gasteiger partial charge in [-0.05, 0) is 35.9 Å². The van der Waals surface area contributed by atoms with Crippen molar-refractivity contribution in [2.45, 2.75) is 6.54 Å². The van der Waals surface area contributed by atoms with E-state index in [4.69, 9.17) is 0 Å². The molecule has 0 saturated heterocycles. The fourth-order valence-electron chi connectivity index (χ4n) is 2.08. The van der Waals surface area contributed by atoms with Crippen molar-refractivity contribution in [2.75, 3.05) is 14.2 Å². The van der Waals surface area contributed by atoms with Crippen LogP contribution in [0.5, 0.6) is 0 Å². The maximum atomic E-state index is 13.8. The van der Waals surface area contributed by atoms with Crippen LogP contribution < -0.4 is 0 Å². The smallest absolute Gasteiger partial charge is 0.337 e. The molecule has 0 unspecified atom stereocenters. The van der Waals surface area contributed by atoms with E-state index in [0.717, 1.165) is 5.56 Å². The lowest BCUT2D eigenvalue weighted by atomic mass is 10.1. The SMILES string of the molecule is COC(=O)c1ccc(CN(C)C(=O)c2cc(Br)ccc2F)cc1. The molecule has 0 fully saturated rings. The van der Waals surface area contributed by atoms with Crippen molar-refractivity contribution in [3.05, 3.63) is 69.4 Å². The number of hydrogen-bond acceptors (Lipinski definition) is 3. The molecule has 4 nitrogen and oxygen atoms in total. The molecule has 0 radical (unpaired) electrons. The van der Waals surface area contributed by atoms with E-state index >= 15 is 0 Å². The second kappa shape index (κ2) is 7.37. The molecule has 23 heavy (non-hydrogen) atoms. The Kier molecular flexibility index (Phi) is 5.50. The quantitative estimate of drug-likeness (QED) is 0.761. The first kappa shape index (κ1) is 17.1. The van der Waals surface area contributed by atoms with Crippen LogP contribution in [-0.2, 0) is 11.3 Å². The summed E-state index contributed by atoms with van der Waals surface area (Å²) in [5, 5.41) is 0. The fourth-order valence-corrected chi connectivity index (χ4v) is 2.44. The van der Waals surface area contributed by atoms with Crippen molar-refractivity contribution >= 4 is 27.8 Å². The molecule has 0 aliphatic carbocycles. The molecular formula is C17H15BrFNO3. The lowest BCUT2D eigenvalue weighted by Crippen LogP contribution is -2.27. The molecule has 0 aliphatic heterocycles. The molecule has 0 atom stereocenters. The molecule has 0 heterocycles. The third-order valence-electron chi connectivity index (χ3n) is 3.30. The van der Waals surface area contributed by atoms with Gasteiger partial charge in [0.1, 0.15) is 5.82 Å². The van der Waals surface area contributed by atoms with Gasteiger partial charge >= 0.3 is 5.97 Å². The number of methoxy groups -OCH3 is 1. The van der Waals surface area contributed by atoms with Crippen molar-refractivity contribution in [1.82, 2.24) is 4.90 Å². The average molecular weight is 380 g/mol. The van der Waals surface area contributed by atoms with E-state index in [2.05, 4.69) is 20.7 Å². The van der Waals surface area contributed by atoms with Crippen molar-refractivity contribution < 1.29 is 18.7 Å². The summed E-state index contributed by atoms with van der Waals surface area (Å²) in [6.45, 7) is 0.298. The molecule has 0 spiro atoms. The second-order valence-corrected chi connectivity index (χ2v) is 5.89. The number of hydrogen-bond donors (Lipinski definition) is 0. The Morgan fingerprint density at radius 3 is 2.43 bits per heavy atom. The zero-order valence-corrected chi connectivity index (χ0v) is 14.3. The van der Waals surface area contributed by atoms with Crippen LogP contribution in [0.2, 0.25) is 0 Å². The molecule has 0 saturated carbocycles. The van der Waals surface area contributed by atoms with Crippen LogP contribution in [-0.4, -0.2) is 30.9 Å². The van der Waals surface area contributed by atoms with Gasteiger partial charge in [0.05, 0.1) is 18.2 Å². The Bertz CT molecular complexity index is 731. The number of ether oxygens (including phenoxy) is 1. The summed E-state index contributed by atoms with van der Waals surface area (Å²) in [7, 11) is 2.91. The molecule has 2 aromatic rings. The zero-order valence-electron chi connectivity index (χ0n) is 12.7. The lowest BCUT2D eigenvalue weighted by molar-refractivity contribution is 0.0600. The van der Waals surface area contributed by atoms with Crippen molar-refractivity contribution in [3.8, 4) is 0 Å². The molecule has 2 aromatic carbocycles. The summed E-state index contributed by atoms with van der Waals surface area (Å²) in [6, 6.07) is 10.9. The highest BCUT2D eigenvalue weighted by Crippen LogP contribution is 2.18. The Morgan fingerprint density at radius 1 is 1.17 bits per heavy atom. The van der Waals surface area contributed by atoms with Gasteiger partial charge in [-0.25, -0.2) is 9.18 Å². The second-order valence-electron chi connectivity index (χ2n) is 4.97. The van der Waals surface area contributed by atoms with Gasteiger partial charge in [-0.2, -0.15) is 0 Å². The van der Waals surface area contributed by atoms with Crippen molar-refractivity contribution in [1.29, 1.82) is 0 Å². The minimum Gasteiger partial charge on any atom is -0.465 e. The van der Waals surface area contributed by atoms with Gasteiger partial charge in [0.2, 0.25) is 0 Å². The van der Waals surface area contributed by atoms with Gasteiger partial charge < -0.3 is 9.64 Å². The van der Waals surface area contributed by atoms with Crippen molar-refractivity contribution in [3.63, 3.8) is 0 Å². The van der Waals surface area contributed by atoms with Gasteiger partial charge in [0.25, 0.3) is 5.91 Å². The van der Waals surface area contributed by atoms with E-state index in [1.54, 1.807) is 31.3 Å². The Hall–Kier alpha value is -2.21. The van der Waals surface area contributed by atoms with Gasteiger partial charge in [0, 0.05) is 18.1 Å². The first-order valence-corrected chi connectivity index (χ1v) is 7.59. The maximum Gasteiger partial charge on any atom is 0.337 e. The highest BCUT2D eigenvalue weighted by molar-refractivity contribution is 9.10. The predicted octanol–water partition coefficient (Wildman–Crippen LogP) is 3.65. The number of benzene rings is 2. The molecule has 0 bridgehead atoms. The highest BCUT2D eigenvalue weighted by atomic mass is 79.9. The van der Waals surface area contributed by atoms with Gasteiger partial charge in [0.15, 0.2) is 0 Å². The summed E-state index contributed by atoms with van der Waals surface area (Å²) >= 11 is 3.23. The zero-order chi connectivity index (χ0) is 17.0. The first-order chi connectivity index (χ1) is 10.9. The first-order valence-electron chi connectivity index (χ1n) is 6.80. The van der Waals surface area contributed by atoms with E-state index in [9.17, 15) is 14.0 Å². The Balaban J connectivity index is 2.12. The number of amides is 1. The van der Waals surface area contributed by atoms with Gasteiger partial charge in [-0.1, -0.05) is 28.1 Å². The fraction of sp³-hybridized carbons (Fsp3) is 0.176. The normalized spacial score (nSPS) is 10.3. The van der Waals surface area contributed by atoms with Gasteiger partial charge in [-0.3, -0.25) is 4.79 Å². The van der Waals surface area contributed by atoms with E-state index in [1.165, 1.54) is 30.2 Å². The largest absolute Gasteiger partial charge is 0.465 e. The Labute approximate surface area is 142 Å². The van der Waals surface area contributed by atoms with Crippen LogP contribution in [0.15, 0.2) is 46.9 Å². The van der Waals surface area contributed by atoms with Crippen LogP contribution in [0.1, 0.15) is 26.3 Å². The summed E-state index contributed by atoms with van der Waals surface area (Å²) in [5.41, 5.74) is 1.26.